The van der Waals surface area contributed by atoms with Crippen LogP contribution in [0.15, 0.2) is 18.2 Å². The van der Waals surface area contributed by atoms with E-state index in [0.717, 1.165) is 30.8 Å². The molecule has 0 aromatic heterocycles. The van der Waals surface area contributed by atoms with Crippen LogP contribution in [-0.2, 0) is 6.18 Å². The maximum atomic E-state index is 12.9. The van der Waals surface area contributed by atoms with Gasteiger partial charge in [0.05, 0.1) is 12.2 Å². The van der Waals surface area contributed by atoms with E-state index in [1.54, 1.807) is 6.07 Å². The highest BCUT2D eigenvalue weighted by molar-refractivity contribution is 5.57. The normalized spacial score (nSPS) is 17.9. The molecule has 0 spiro atoms. The predicted octanol–water partition coefficient (Wildman–Crippen LogP) is 3.93. The van der Waals surface area contributed by atoms with Crippen LogP contribution in [-0.4, -0.2) is 31.7 Å². The fraction of sp³-hybridized carbons (Fsp3) is 0.600. The molecule has 2 nitrogen and oxygen atoms in total. The molecule has 112 valence electrons. The number of alkyl halides is 3. The molecule has 0 unspecified atom stereocenters. The molecule has 0 radical (unpaired) electrons. The van der Waals surface area contributed by atoms with Crippen LogP contribution < -0.4 is 4.90 Å². The van der Waals surface area contributed by atoms with E-state index in [0.29, 0.717) is 6.67 Å². The van der Waals surface area contributed by atoms with Gasteiger partial charge in [0, 0.05) is 18.8 Å². The maximum absolute atomic E-state index is 12.9. The highest BCUT2D eigenvalue weighted by atomic mass is 19.4. The van der Waals surface area contributed by atoms with Gasteiger partial charge in [-0.1, -0.05) is 19.9 Å². The summed E-state index contributed by atoms with van der Waals surface area (Å²) in [4.78, 5) is 4.18. The van der Waals surface area contributed by atoms with E-state index in [1.165, 1.54) is 12.1 Å². The third kappa shape index (κ3) is 3.26. The molecule has 0 saturated carbocycles. The molecule has 1 fully saturated rings. The average molecular weight is 286 g/mol. The van der Waals surface area contributed by atoms with E-state index in [1.807, 2.05) is 25.8 Å². The number of hydrogen-bond donors (Lipinski definition) is 0. The van der Waals surface area contributed by atoms with E-state index < -0.39 is 11.7 Å². The molecule has 5 heteroatoms. The molecule has 1 saturated heterocycles. The highest BCUT2D eigenvalue weighted by Crippen LogP contribution is 2.36. The first-order chi connectivity index (χ1) is 9.29. The first-order valence-electron chi connectivity index (χ1n) is 6.93. The zero-order chi connectivity index (χ0) is 14.9. The number of rotatable bonds is 2. The number of hydrogen-bond acceptors (Lipinski definition) is 2. The first-order valence-corrected chi connectivity index (χ1v) is 6.93. The Morgan fingerprint density at radius 2 is 1.85 bits per heavy atom. The largest absolute Gasteiger partial charge is 0.416 e. The Kier molecular flexibility index (Phi) is 4.28. The second kappa shape index (κ2) is 5.64. The fourth-order valence-electron chi connectivity index (χ4n) is 2.64. The van der Waals surface area contributed by atoms with Gasteiger partial charge in [-0.3, -0.25) is 4.90 Å². The van der Waals surface area contributed by atoms with Gasteiger partial charge in [0.25, 0.3) is 0 Å². The van der Waals surface area contributed by atoms with Crippen LogP contribution in [0, 0.1) is 0 Å². The molecule has 0 atom stereocenters. The zero-order valence-corrected chi connectivity index (χ0v) is 12.2. The van der Waals surface area contributed by atoms with Crippen molar-refractivity contribution in [2.24, 2.45) is 0 Å². The Bertz CT molecular complexity index is 469. The topological polar surface area (TPSA) is 6.48 Å². The van der Waals surface area contributed by atoms with E-state index in [9.17, 15) is 13.2 Å². The third-order valence-corrected chi connectivity index (χ3v) is 3.70. The van der Waals surface area contributed by atoms with Crippen LogP contribution in [0.5, 0.6) is 0 Å². The van der Waals surface area contributed by atoms with Gasteiger partial charge in [-0.2, -0.15) is 13.2 Å². The summed E-state index contributed by atoms with van der Waals surface area (Å²) in [5.41, 5.74) is 1.14. The molecule has 0 bridgehead atoms. The molecule has 0 N–H and O–H groups in total. The lowest BCUT2D eigenvalue weighted by Gasteiger charge is -2.36. The second-order valence-corrected chi connectivity index (χ2v) is 5.76. The molecule has 2 rings (SSSR count). The summed E-state index contributed by atoms with van der Waals surface area (Å²) >= 11 is 0. The maximum Gasteiger partial charge on any atom is 0.416 e. The van der Waals surface area contributed by atoms with E-state index in [4.69, 9.17) is 0 Å². The van der Waals surface area contributed by atoms with Crippen LogP contribution in [0.1, 0.15) is 37.3 Å². The Morgan fingerprint density at radius 1 is 1.15 bits per heavy atom. The van der Waals surface area contributed by atoms with Crippen LogP contribution in [0.25, 0.3) is 0 Å². The molecule has 1 aromatic carbocycles. The van der Waals surface area contributed by atoms with Crippen molar-refractivity contribution >= 4 is 5.69 Å². The van der Waals surface area contributed by atoms with Crippen molar-refractivity contribution < 1.29 is 13.2 Å². The van der Waals surface area contributed by atoms with Crippen LogP contribution in [0.2, 0.25) is 0 Å². The monoisotopic (exact) mass is 286 g/mol. The van der Waals surface area contributed by atoms with Gasteiger partial charge in [0.2, 0.25) is 0 Å². The molecule has 0 aliphatic carbocycles. The highest BCUT2D eigenvalue weighted by Gasteiger charge is 2.32. The Labute approximate surface area is 118 Å². The van der Waals surface area contributed by atoms with Crippen molar-refractivity contribution in [3.63, 3.8) is 0 Å². The number of halogens is 3. The van der Waals surface area contributed by atoms with Crippen molar-refractivity contribution in [1.29, 1.82) is 0 Å². The molecule has 20 heavy (non-hydrogen) atoms. The molecule has 1 aliphatic rings. The van der Waals surface area contributed by atoms with Crippen molar-refractivity contribution in [3.8, 4) is 0 Å². The summed E-state index contributed by atoms with van der Waals surface area (Å²) in [5, 5.41) is 0. The summed E-state index contributed by atoms with van der Waals surface area (Å²) in [6.45, 7) is 6.51. The summed E-state index contributed by atoms with van der Waals surface area (Å²) in [7, 11) is 1.99. The Balaban J connectivity index is 2.41. The predicted molar refractivity (Wildman–Crippen MR) is 75.0 cm³/mol. The van der Waals surface area contributed by atoms with Crippen molar-refractivity contribution in [2.75, 3.05) is 31.7 Å². The van der Waals surface area contributed by atoms with E-state index >= 15 is 0 Å². The van der Waals surface area contributed by atoms with Gasteiger partial charge < -0.3 is 4.90 Å². The van der Waals surface area contributed by atoms with Crippen LogP contribution >= 0.6 is 0 Å². The van der Waals surface area contributed by atoms with Crippen LogP contribution in [0.4, 0.5) is 18.9 Å². The Hall–Kier alpha value is -1.23. The van der Waals surface area contributed by atoms with Gasteiger partial charge in [-0.15, -0.1) is 0 Å². The standard InChI is InChI=1S/C15H21F3N2/c1-11(2)13-6-5-12(15(16,17)18)9-14(13)20-8-4-7-19(3)10-20/h5-6,9,11H,4,7-8,10H2,1-3H3. The molecule has 1 aliphatic heterocycles. The van der Waals surface area contributed by atoms with Gasteiger partial charge in [-0.05, 0) is 37.1 Å². The minimum atomic E-state index is -4.29. The number of anilines is 1. The molecular weight excluding hydrogens is 265 g/mol. The lowest BCUT2D eigenvalue weighted by Crippen LogP contribution is -2.43. The van der Waals surface area contributed by atoms with E-state index in [-0.39, 0.29) is 5.92 Å². The average Bonchev–Trinajstić information content (AvgIpc) is 2.37. The van der Waals surface area contributed by atoms with Gasteiger partial charge in [0.15, 0.2) is 0 Å². The third-order valence-electron chi connectivity index (χ3n) is 3.70. The van der Waals surface area contributed by atoms with Crippen molar-refractivity contribution in [1.82, 2.24) is 4.90 Å². The molecule has 0 amide bonds. The summed E-state index contributed by atoms with van der Waals surface area (Å²) < 4.78 is 38.7. The van der Waals surface area contributed by atoms with Crippen molar-refractivity contribution in [2.45, 2.75) is 32.4 Å². The fourth-order valence-corrected chi connectivity index (χ4v) is 2.64. The summed E-state index contributed by atoms with van der Waals surface area (Å²) in [6, 6.07) is 4.11. The van der Waals surface area contributed by atoms with Gasteiger partial charge in [-0.25, -0.2) is 0 Å². The van der Waals surface area contributed by atoms with Crippen molar-refractivity contribution in [3.05, 3.63) is 29.3 Å². The van der Waals surface area contributed by atoms with Crippen LogP contribution in [0.3, 0.4) is 0 Å². The second-order valence-electron chi connectivity index (χ2n) is 5.76. The number of benzene rings is 1. The summed E-state index contributed by atoms with van der Waals surface area (Å²) in [5.74, 6) is 0.208. The lowest BCUT2D eigenvalue weighted by atomic mass is 9.98. The molecule has 1 heterocycles. The molecular formula is C15H21F3N2. The van der Waals surface area contributed by atoms with Gasteiger partial charge in [0.1, 0.15) is 0 Å². The quantitative estimate of drug-likeness (QED) is 0.813. The Morgan fingerprint density at radius 3 is 2.40 bits per heavy atom. The first kappa shape index (κ1) is 15.2. The summed E-state index contributed by atoms with van der Waals surface area (Å²) in [6.07, 6.45) is -3.31. The van der Waals surface area contributed by atoms with E-state index in [2.05, 4.69) is 4.90 Å². The SMILES string of the molecule is CC(C)c1ccc(C(F)(F)F)cc1N1CCCN(C)C1. The minimum absolute atomic E-state index is 0.208. The lowest BCUT2D eigenvalue weighted by molar-refractivity contribution is -0.137. The number of nitrogens with zero attached hydrogens (tertiary/aromatic N) is 2. The molecule has 1 aromatic rings. The van der Waals surface area contributed by atoms with Gasteiger partial charge >= 0.3 is 6.18 Å². The zero-order valence-electron chi connectivity index (χ0n) is 12.2. The minimum Gasteiger partial charge on any atom is -0.358 e. The smallest absolute Gasteiger partial charge is 0.358 e.